The van der Waals surface area contributed by atoms with Gasteiger partial charge >= 0.3 is 6.09 Å². The smallest absolute Gasteiger partial charge is 0.408 e. The molecule has 3 nitrogen and oxygen atoms in total. The fourth-order valence-electron chi connectivity index (χ4n) is 0.624. The van der Waals surface area contributed by atoms with Crippen molar-refractivity contribution in [2.45, 2.75) is 38.7 Å². The van der Waals surface area contributed by atoms with Gasteiger partial charge in [0.2, 0.25) is 0 Å². The Morgan fingerprint density at radius 2 is 2.17 bits per heavy atom. The zero-order chi connectivity index (χ0) is 9.61. The Hall–Kier alpha value is -0.440. The minimum atomic E-state index is -0.920. The number of ether oxygens (including phenoxy) is 1. The van der Waals surface area contributed by atoms with E-state index in [0.717, 1.165) is 12.8 Å². The molecule has 0 aromatic heterocycles. The van der Waals surface area contributed by atoms with Gasteiger partial charge in [-0.3, -0.25) is 0 Å². The molecule has 1 amide bonds. The van der Waals surface area contributed by atoms with Gasteiger partial charge in [-0.05, 0) is 20.3 Å². The lowest BCUT2D eigenvalue weighted by Gasteiger charge is -2.16. The number of hydrogen-bond acceptors (Lipinski definition) is 2. The molecular formula is C8H16ClNO2. The van der Waals surface area contributed by atoms with Crippen molar-refractivity contribution in [2.24, 2.45) is 0 Å². The first-order valence-electron chi connectivity index (χ1n) is 4.11. The van der Waals surface area contributed by atoms with E-state index in [9.17, 15) is 4.79 Å². The van der Waals surface area contributed by atoms with E-state index in [2.05, 4.69) is 12.2 Å². The van der Waals surface area contributed by atoms with Crippen LogP contribution in [0.5, 0.6) is 0 Å². The van der Waals surface area contributed by atoms with Crippen LogP contribution in [0.3, 0.4) is 0 Å². The summed E-state index contributed by atoms with van der Waals surface area (Å²) < 4.78 is 4.80. The van der Waals surface area contributed by atoms with Crippen molar-refractivity contribution >= 4 is 17.7 Å². The van der Waals surface area contributed by atoms with Gasteiger partial charge in [0.05, 0.1) is 0 Å². The van der Waals surface area contributed by atoms with Crippen LogP contribution in [0, 0.1) is 0 Å². The molecule has 12 heavy (non-hydrogen) atoms. The van der Waals surface area contributed by atoms with Crippen LogP contribution in [0.15, 0.2) is 0 Å². The number of nitrogens with one attached hydrogen (secondary N) is 1. The summed E-state index contributed by atoms with van der Waals surface area (Å²) in [5.74, 6) is 0. The monoisotopic (exact) mass is 193 g/mol. The van der Waals surface area contributed by atoms with Crippen molar-refractivity contribution in [1.82, 2.24) is 5.32 Å². The second-order valence-electron chi connectivity index (χ2n) is 3.03. The number of carbonyl (C=O) groups is 1. The number of rotatable bonds is 4. The highest BCUT2D eigenvalue weighted by Gasteiger charge is 2.17. The molecule has 0 heterocycles. The molecule has 0 atom stereocenters. The number of alkyl halides is 1. The lowest BCUT2D eigenvalue weighted by molar-refractivity contribution is 0.0931. The molecule has 0 bridgehead atoms. The molecule has 0 spiro atoms. The Kier molecular flexibility index (Phi) is 5.06. The van der Waals surface area contributed by atoms with Crippen LogP contribution in [0.1, 0.15) is 33.6 Å². The number of amides is 1. The molecule has 1 N–H and O–H groups in total. The van der Waals surface area contributed by atoms with Gasteiger partial charge in [0, 0.05) is 6.54 Å². The molecule has 0 rings (SSSR count). The summed E-state index contributed by atoms with van der Waals surface area (Å²) in [7, 11) is 0. The maximum Gasteiger partial charge on any atom is 0.408 e. The molecule has 0 aliphatic carbocycles. The van der Waals surface area contributed by atoms with Gasteiger partial charge in [0.1, 0.15) is 0 Å². The third kappa shape index (κ3) is 7.66. The third-order valence-corrected chi connectivity index (χ3v) is 1.21. The predicted molar refractivity (Wildman–Crippen MR) is 49.3 cm³/mol. The van der Waals surface area contributed by atoms with Gasteiger partial charge in [-0.2, -0.15) is 0 Å². The minimum absolute atomic E-state index is 0.455. The molecule has 0 aliphatic heterocycles. The summed E-state index contributed by atoms with van der Waals surface area (Å²) in [5.41, 5.74) is 0. The largest absolute Gasteiger partial charge is 0.428 e. The first-order valence-corrected chi connectivity index (χ1v) is 4.49. The highest BCUT2D eigenvalue weighted by Crippen LogP contribution is 2.13. The predicted octanol–water partition coefficient (Wildman–Crippen LogP) is 2.49. The maximum absolute atomic E-state index is 10.9. The van der Waals surface area contributed by atoms with Crippen LogP contribution >= 0.6 is 11.6 Å². The summed E-state index contributed by atoms with van der Waals surface area (Å²) in [6.07, 6.45) is 1.55. The lowest BCUT2D eigenvalue weighted by atomic mass is 10.3. The third-order valence-electron chi connectivity index (χ3n) is 1.14. The van der Waals surface area contributed by atoms with Crippen molar-refractivity contribution in [1.29, 1.82) is 0 Å². The van der Waals surface area contributed by atoms with E-state index in [1.54, 1.807) is 13.8 Å². The van der Waals surface area contributed by atoms with Gasteiger partial charge in [0.25, 0.3) is 0 Å². The first kappa shape index (κ1) is 11.6. The Labute approximate surface area is 78.4 Å². The quantitative estimate of drug-likeness (QED) is 0.550. The van der Waals surface area contributed by atoms with Crippen LogP contribution in [-0.4, -0.2) is 17.7 Å². The first-order chi connectivity index (χ1) is 5.45. The molecular weight excluding hydrogens is 178 g/mol. The standard InChI is InChI=1S/C8H16ClNO2/c1-4-5-6-10-7(11)12-8(2,3)9/h4-6H2,1-3H3,(H,10,11). The number of carbonyl (C=O) groups excluding carboxylic acids is 1. The molecule has 0 aromatic rings. The molecule has 72 valence electrons. The van der Waals surface area contributed by atoms with E-state index in [4.69, 9.17) is 16.3 Å². The van der Waals surface area contributed by atoms with Crippen LogP contribution in [0.25, 0.3) is 0 Å². The number of halogens is 1. The molecule has 0 aromatic carbocycles. The van der Waals surface area contributed by atoms with Gasteiger partial charge < -0.3 is 10.1 Å². The van der Waals surface area contributed by atoms with Crippen LogP contribution in [0.4, 0.5) is 4.79 Å². The second kappa shape index (κ2) is 5.25. The van der Waals surface area contributed by atoms with E-state index in [0.29, 0.717) is 6.54 Å². The Morgan fingerprint density at radius 3 is 2.58 bits per heavy atom. The average molecular weight is 194 g/mol. The van der Waals surface area contributed by atoms with Crippen LogP contribution in [0.2, 0.25) is 0 Å². The summed E-state index contributed by atoms with van der Waals surface area (Å²) in [6.45, 7) is 5.93. The summed E-state index contributed by atoms with van der Waals surface area (Å²) >= 11 is 5.66. The molecule has 4 heteroatoms. The van der Waals surface area contributed by atoms with E-state index in [1.807, 2.05) is 0 Å². The van der Waals surface area contributed by atoms with Crippen molar-refractivity contribution < 1.29 is 9.53 Å². The van der Waals surface area contributed by atoms with E-state index < -0.39 is 11.2 Å². The zero-order valence-corrected chi connectivity index (χ0v) is 8.57. The molecule has 0 fully saturated rings. The molecule has 0 radical (unpaired) electrons. The van der Waals surface area contributed by atoms with Crippen molar-refractivity contribution in [3.8, 4) is 0 Å². The van der Waals surface area contributed by atoms with Gasteiger partial charge in [-0.25, -0.2) is 4.79 Å². The van der Waals surface area contributed by atoms with E-state index in [1.165, 1.54) is 0 Å². The highest BCUT2D eigenvalue weighted by atomic mass is 35.5. The zero-order valence-electron chi connectivity index (χ0n) is 7.82. The SMILES string of the molecule is CCCCNC(=O)OC(C)(C)Cl. The molecule has 0 saturated carbocycles. The van der Waals surface area contributed by atoms with Crippen molar-refractivity contribution in [2.75, 3.05) is 6.54 Å². The van der Waals surface area contributed by atoms with Crippen molar-refractivity contribution in [3.63, 3.8) is 0 Å². The number of unbranched alkanes of at least 4 members (excludes halogenated alkanes) is 1. The summed E-state index contributed by atoms with van der Waals surface area (Å²) in [5, 5.41) is 1.67. The van der Waals surface area contributed by atoms with Gasteiger partial charge in [0.15, 0.2) is 5.06 Å². The fraction of sp³-hybridized carbons (Fsp3) is 0.875. The normalized spacial score (nSPS) is 11.0. The van der Waals surface area contributed by atoms with Crippen LogP contribution < -0.4 is 5.32 Å². The Morgan fingerprint density at radius 1 is 1.58 bits per heavy atom. The Balaban J connectivity index is 3.47. The number of hydrogen-bond donors (Lipinski definition) is 1. The Bertz CT molecular complexity index is 142. The molecule has 0 aliphatic rings. The lowest BCUT2D eigenvalue weighted by Crippen LogP contribution is -2.31. The fourth-order valence-corrected chi connectivity index (χ4v) is 0.694. The topological polar surface area (TPSA) is 38.3 Å². The van der Waals surface area contributed by atoms with E-state index >= 15 is 0 Å². The number of alkyl carbamates (subject to hydrolysis) is 1. The maximum atomic E-state index is 10.9. The summed E-state index contributed by atoms with van der Waals surface area (Å²) in [6, 6.07) is 0. The van der Waals surface area contributed by atoms with E-state index in [-0.39, 0.29) is 0 Å². The van der Waals surface area contributed by atoms with Crippen LogP contribution in [-0.2, 0) is 4.74 Å². The average Bonchev–Trinajstić information content (AvgIpc) is 1.84. The van der Waals surface area contributed by atoms with Crippen molar-refractivity contribution in [3.05, 3.63) is 0 Å². The molecule has 0 saturated heterocycles. The van der Waals surface area contributed by atoms with Gasteiger partial charge in [-0.15, -0.1) is 0 Å². The minimum Gasteiger partial charge on any atom is -0.428 e. The second-order valence-corrected chi connectivity index (χ2v) is 3.94. The van der Waals surface area contributed by atoms with Gasteiger partial charge in [-0.1, -0.05) is 24.9 Å². The molecule has 0 unspecified atom stereocenters. The summed E-state index contributed by atoms with van der Waals surface area (Å²) in [4.78, 5) is 10.9. The highest BCUT2D eigenvalue weighted by molar-refractivity contribution is 6.22.